The average molecular weight is 346 g/mol. The minimum atomic E-state index is 0.247. The number of halogens is 2. The van der Waals surface area contributed by atoms with Crippen LogP contribution in [0.1, 0.15) is 46.0 Å². The van der Waals surface area contributed by atoms with E-state index in [1.807, 2.05) is 0 Å². The molecule has 0 aliphatic carbocycles. The highest BCUT2D eigenvalue weighted by Gasteiger charge is 2.16. The van der Waals surface area contributed by atoms with E-state index in [9.17, 15) is 0 Å². The van der Waals surface area contributed by atoms with Crippen LogP contribution in [0.3, 0.4) is 0 Å². The molecular formula is C11H23Br2P. The van der Waals surface area contributed by atoms with Crippen molar-refractivity contribution < 1.29 is 0 Å². The molecule has 0 aromatic rings. The van der Waals surface area contributed by atoms with E-state index in [4.69, 9.17) is 0 Å². The molecule has 0 N–H and O–H groups in total. The van der Waals surface area contributed by atoms with Crippen LogP contribution in [0.5, 0.6) is 0 Å². The van der Waals surface area contributed by atoms with Crippen molar-refractivity contribution in [2.45, 2.75) is 50.5 Å². The first-order valence-electron chi connectivity index (χ1n) is 5.70. The molecule has 0 fully saturated rings. The zero-order chi connectivity index (χ0) is 10.8. The van der Waals surface area contributed by atoms with E-state index in [0.29, 0.717) is 0 Å². The van der Waals surface area contributed by atoms with Crippen LogP contribution in [-0.4, -0.2) is 22.2 Å². The molecule has 0 amide bonds. The SMILES string of the molecule is CCCCP(CCCC)C(Br)CCBr. The van der Waals surface area contributed by atoms with Crippen molar-refractivity contribution in [3.8, 4) is 0 Å². The van der Waals surface area contributed by atoms with Crippen LogP contribution in [0.4, 0.5) is 0 Å². The summed E-state index contributed by atoms with van der Waals surface area (Å²) in [6, 6.07) is 0. The van der Waals surface area contributed by atoms with Crippen molar-refractivity contribution >= 4 is 39.8 Å². The van der Waals surface area contributed by atoms with Crippen molar-refractivity contribution in [3.63, 3.8) is 0 Å². The van der Waals surface area contributed by atoms with Gasteiger partial charge in [0.15, 0.2) is 0 Å². The largest absolute Gasteiger partial charge is 0.0928 e. The Morgan fingerprint density at radius 2 is 1.57 bits per heavy atom. The zero-order valence-electron chi connectivity index (χ0n) is 9.44. The molecule has 0 spiro atoms. The van der Waals surface area contributed by atoms with Crippen LogP contribution in [0.25, 0.3) is 0 Å². The second kappa shape index (κ2) is 10.9. The van der Waals surface area contributed by atoms with E-state index in [1.54, 1.807) is 0 Å². The highest BCUT2D eigenvalue weighted by Crippen LogP contribution is 2.47. The zero-order valence-corrected chi connectivity index (χ0v) is 13.5. The summed E-state index contributed by atoms with van der Waals surface area (Å²) in [6.07, 6.45) is 9.75. The van der Waals surface area contributed by atoms with Gasteiger partial charge in [-0.05, 0) is 31.6 Å². The Hall–Kier alpha value is 1.39. The van der Waals surface area contributed by atoms with E-state index in [-0.39, 0.29) is 7.92 Å². The van der Waals surface area contributed by atoms with E-state index in [1.165, 1.54) is 44.4 Å². The van der Waals surface area contributed by atoms with Gasteiger partial charge in [0.05, 0.1) is 0 Å². The number of alkyl halides is 2. The van der Waals surface area contributed by atoms with Crippen LogP contribution in [0.2, 0.25) is 0 Å². The predicted molar refractivity (Wildman–Crippen MR) is 77.6 cm³/mol. The molecule has 0 aliphatic heterocycles. The van der Waals surface area contributed by atoms with Crippen LogP contribution >= 0.6 is 39.8 Å². The maximum Gasteiger partial charge on any atom is 0.0353 e. The second-order valence-electron chi connectivity index (χ2n) is 3.66. The molecule has 3 heteroatoms. The van der Waals surface area contributed by atoms with Gasteiger partial charge in [-0.1, -0.05) is 66.5 Å². The average Bonchev–Trinajstić information content (AvgIpc) is 2.18. The van der Waals surface area contributed by atoms with Crippen LogP contribution < -0.4 is 0 Å². The van der Waals surface area contributed by atoms with Gasteiger partial charge in [0.2, 0.25) is 0 Å². The van der Waals surface area contributed by atoms with Gasteiger partial charge in [0, 0.05) is 9.90 Å². The molecule has 14 heavy (non-hydrogen) atoms. The summed E-state index contributed by atoms with van der Waals surface area (Å²) < 4.78 is 0.787. The lowest BCUT2D eigenvalue weighted by Gasteiger charge is -2.22. The first-order chi connectivity index (χ1) is 6.76. The van der Waals surface area contributed by atoms with Crippen LogP contribution in [0.15, 0.2) is 0 Å². The fourth-order valence-electron chi connectivity index (χ4n) is 1.39. The molecule has 1 atom stereocenters. The third-order valence-electron chi connectivity index (χ3n) is 2.34. The number of rotatable bonds is 9. The molecule has 0 saturated carbocycles. The van der Waals surface area contributed by atoms with Crippen LogP contribution in [-0.2, 0) is 0 Å². The standard InChI is InChI=1S/C11H23Br2P/c1-3-5-9-14(10-6-4-2)11(13)7-8-12/h11H,3-10H2,1-2H3. The minimum Gasteiger partial charge on any atom is -0.0928 e. The lowest BCUT2D eigenvalue weighted by molar-refractivity contribution is 0.861. The van der Waals surface area contributed by atoms with Gasteiger partial charge in [0.25, 0.3) is 0 Å². The summed E-state index contributed by atoms with van der Waals surface area (Å²) in [7, 11) is 0.247. The number of hydrogen-bond donors (Lipinski definition) is 0. The fourth-order valence-corrected chi connectivity index (χ4v) is 6.99. The maximum atomic E-state index is 3.86. The highest BCUT2D eigenvalue weighted by molar-refractivity contribution is 9.11. The van der Waals surface area contributed by atoms with Crippen molar-refractivity contribution in [1.82, 2.24) is 0 Å². The Morgan fingerprint density at radius 1 is 1.07 bits per heavy atom. The molecule has 0 aliphatic rings. The first-order valence-corrected chi connectivity index (χ1v) is 9.52. The monoisotopic (exact) mass is 344 g/mol. The van der Waals surface area contributed by atoms with Crippen molar-refractivity contribution in [2.75, 3.05) is 17.7 Å². The van der Waals surface area contributed by atoms with Gasteiger partial charge in [-0.15, -0.1) is 0 Å². The van der Waals surface area contributed by atoms with E-state index < -0.39 is 0 Å². The topological polar surface area (TPSA) is 0 Å². The summed E-state index contributed by atoms with van der Waals surface area (Å²) in [5, 5.41) is 1.14. The van der Waals surface area contributed by atoms with Gasteiger partial charge >= 0.3 is 0 Å². The third-order valence-corrected chi connectivity index (χ3v) is 7.83. The molecule has 0 nitrogen and oxygen atoms in total. The van der Waals surface area contributed by atoms with E-state index >= 15 is 0 Å². The number of hydrogen-bond acceptors (Lipinski definition) is 0. The third kappa shape index (κ3) is 7.65. The smallest absolute Gasteiger partial charge is 0.0353 e. The molecule has 0 rings (SSSR count). The van der Waals surface area contributed by atoms with Crippen molar-refractivity contribution in [1.29, 1.82) is 0 Å². The Morgan fingerprint density at radius 3 is 1.93 bits per heavy atom. The molecule has 1 unspecified atom stereocenters. The Bertz CT molecular complexity index is 112. The summed E-state index contributed by atoms with van der Waals surface area (Å²) in [6.45, 7) is 4.59. The molecule has 86 valence electrons. The summed E-state index contributed by atoms with van der Waals surface area (Å²) in [5.74, 6) is 0. The molecule has 0 saturated heterocycles. The predicted octanol–water partition coefficient (Wildman–Crippen LogP) is 5.57. The number of unbranched alkanes of at least 4 members (excludes halogenated alkanes) is 2. The van der Waals surface area contributed by atoms with Crippen molar-refractivity contribution in [3.05, 3.63) is 0 Å². The van der Waals surface area contributed by atoms with Gasteiger partial charge in [-0.25, -0.2) is 0 Å². The molecule has 0 heterocycles. The van der Waals surface area contributed by atoms with E-state index in [2.05, 4.69) is 45.7 Å². The van der Waals surface area contributed by atoms with Crippen LogP contribution in [0, 0.1) is 0 Å². The van der Waals surface area contributed by atoms with Gasteiger partial charge < -0.3 is 0 Å². The molecular weight excluding hydrogens is 323 g/mol. The van der Waals surface area contributed by atoms with Crippen molar-refractivity contribution in [2.24, 2.45) is 0 Å². The molecule has 0 bridgehead atoms. The highest BCUT2D eigenvalue weighted by atomic mass is 79.9. The lowest BCUT2D eigenvalue weighted by Crippen LogP contribution is -2.03. The lowest BCUT2D eigenvalue weighted by atomic mass is 10.4. The van der Waals surface area contributed by atoms with Gasteiger partial charge in [0.1, 0.15) is 0 Å². The normalized spacial score (nSPS) is 13.5. The quantitative estimate of drug-likeness (QED) is 0.378. The fraction of sp³-hybridized carbons (Fsp3) is 1.00. The van der Waals surface area contributed by atoms with Gasteiger partial charge in [-0.2, -0.15) is 0 Å². The summed E-state index contributed by atoms with van der Waals surface area (Å²) >= 11 is 7.40. The molecule has 0 aromatic heterocycles. The molecule has 0 radical (unpaired) electrons. The maximum absolute atomic E-state index is 3.86. The molecule has 0 aromatic carbocycles. The van der Waals surface area contributed by atoms with E-state index in [0.717, 1.165) is 9.90 Å². The Balaban J connectivity index is 3.81. The first kappa shape index (κ1) is 15.4. The Labute approximate surface area is 108 Å². The minimum absolute atomic E-state index is 0.247. The Kier molecular flexibility index (Phi) is 12.0. The summed E-state index contributed by atoms with van der Waals surface area (Å²) in [5.41, 5.74) is 0. The summed E-state index contributed by atoms with van der Waals surface area (Å²) in [4.78, 5) is 0. The van der Waals surface area contributed by atoms with Gasteiger partial charge in [-0.3, -0.25) is 0 Å². The second-order valence-corrected chi connectivity index (χ2v) is 8.96.